The van der Waals surface area contributed by atoms with Crippen LogP contribution in [-0.2, 0) is 27.7 Å². The van der Waals surface area contributed by atoms with E-state index in [9.17, 15) is 9.36 Å². The SMILES string of the molecule is CCCCCCCCCCCCCCCCOP(=O)(OCC[N+](C)(C)C)OCOC(=O)CCCCCCCCCCC.[Cl-]. The van der Waals surface area contributed by atoms with Crippen molar-refractivity contribution in [1.29, 1.82) is 0 Å². The van der Waals surface area contributed by atoms with E-state index < -0.39 is 14.6 Å². The molecule has 0 saturated heterocycles. The van der Waals surface area contributed by atoms with Crippen LogP contribution in [0.4, 0.5) is 0 Å². The van der Waals surface area contributed by atoms with Crippen molar-refractivity contribution in [3.05, 3.63) is 0 Å². The highest BCUT2D eigenvalue weighted by Gasteiger charge is 2.28. The summed E-state index contributed by atoms with van der Waals surface area (Å²) in [6.07, 6.45) is 28.9. The predicted molar refractivity (Wildman–Crippen MR) is 177 cm³/mol. The van der Waals surface area contributed by atoms with Gasteiger partial charge >= 0.3 is 13.8 Å². The highest BCUT2D eigenvalue weighted by Crippen LogP contribution is 2.49. The number of likely N-dealkylation sites (N-methyl/N-ethyl adjacent to an activating group) is 1. The van der Waals surface area contributed by atoms with E-state index in [0.29, 0.717) is 24.1 Å². The van der Waals surface area contributed by atoms with Crippen molar-refractivity contribution in [2.75, 3.05) is 47.7 Å². The van der Waals surface area contributed by atoms with E-state index in [4.69, 9.17) is 18.3 Å². The fourth-order valence-electron chi connectivity index (χ4n) is 4.82. The van der Waals surface area contributed by atoms with Gasteiger partial charge in [-0.3, -0.25) is 13.8 Å². The zero-order chi connectivity index (χ0) is 31.2. The van der Waals surface area contributed by atoms with Crippen molar-refractivity contribution in [2.45, 2.75) is 168 Å². The molecule has 0 amide bonds. The first-order valence-corrected chi connectivity index (χ1v) is 19.2. The number of carbonyl (C=O) groups is 1. The summed E-state index contributed by atoms with van der Waals surface area (Å²) in [7, 11) is 2.33. The van der Waals surface area contributed by atoms with Crippen molar-refractivity contribution in [1.82, 2.24) is 0 Å². The first kappa shape index (κ1) is 45.0. The number of nitrogens with zero attached hydrogens (tertiary/aromatic N) is 1. The minimum Gasteiger partial charge on any atom is -1.00 e. The molecule has 0 heterocycles. The minimum absolute atomic E-state index is 0. The Kier molecular flexibility index (Phi) is 33.2. The van der Waals surface area contributed by atoms with Crippen LogP contribution in [0.1, 0.15) is 168 Å². The molecular weight excluding hydrogens is 585 g/mol. The normalized spacial score (nSPS) is 13.0. The van der Waals surface area contributed by atoms with Gasteiger partial charge in [-0.15, -0.1) is 0 Å². The Bertz CT molecular complexity index is 647. The van der Waals surface area contributed by atoms with Crippen molar-refractivity contribution in [3.63, 3.8) is 0 Å². The Balaban J connectivity index is 0. The average molecular weight is 656 g/mol. The lowest BCUT2D eigenvalue weighted by atomic mass is 10.0. The van der Waals surface area contributed by atoms with Gasteiger partial charge in [0.25, 0.3) is 0 Å². The third-order valence-corrected chi connectivity index (χ3v) is 9.09. The van der Waals surface area contributed by atoms with Crippen LogP contribution in [0, 0.1) is 0 Å². The fraction of sp³-hybridized carbons (Fsp3) is 0.971. The van der Waals surface area contributed by atoms with Crippen molar-refractivity contribution >= 4 is 13.8 Å². The third-order valence-electron chi connectivity index (χ3n) is 7.67. The van der Waals surface area contributed by atoms with Crippen LogP contribution >= 0.6 is 7.82 Å². The highest BCUT2D eigenvalue weighted by atomic mass is 35.5. The summed E-state index contributed by atoms with van der Waals surface area (Å²) in [6, 6.07) is 0. The number of unbranched alkanes of at least 4 members (excludes halogenated alkanes) is 21. The van der Waals surface area contributed by atoms with E-state index in [2.05, 4.69) is 13.8 Å². The third kappa shape index (κ3) is 34.5. The Hall–Kier alpha value is -0.170. The largest absolute Gasteiger partial charge is 1.00 e. The van der Waals surface area contributed by atoms with Crippen LogP contribution in [-0.4, -0.2) is 58.1 Å². The summed E-state index contributed by atoms with van der Waals surface area (Å²) in [5.74, 6) is -0.331. The molecule has 0 radical (unpaired) electrons. The number of halogens is 1. The molecule has 0 saturated carbocycles. The summed E-state index contributed by atoms with van der Waals surface area (Å²) >= 11 is 0. The van der Waals surface area contributed by atoms with E-state index in [1.807, 2.05) is 21.1 Å². The van der Waals surface area contributed by atoms with E-state index >= 15 is 0 Å². The van der Waals surface area contributed by atoms with Gasteiger partial charge in [0.1, 0.15) is 13.2 Å². The van der Waals surface area contributed by atoms with Crippen LogP contribution < -0.4 is 12.4 Å². The summed E-state index contributed by atoms with van der Waals surface area (Å²) in [4.78, 5) is 12.1. The van der Waals surface area contributed by atoms with Crippen molar-refractivity contribution in [3.8, 4) is 0 Å². The van der Waals surface area contributed by atoms with Gasteiger partial charge in [0.05, 0.1) is 27.7 Å². The first-order valence-electron chi connectivity index (χ1n) is 17.7. The van der Waals surface area contributed by atoms with Crippen LogP contribution in [0.25, 0.3) is 0 Å². The van der Waals surface area contributed by atoms with Gasteiger partial charge in [0, 0.05) is 6.42 Å². The molecule has 0 bridgehead atoms. The van der Waals surface area contributed by atoms with E-state index in [-0.39, 0.29) is 25.0 Å². The molecule has 43 heavy (non-hydrogen) atoms. The van der Waals surface area contributed by atoms with Crippen LogP contribution in [0.15, 0.2) is 0 Å². The number of ether oxygens (including phenoxy) is 1. The number of esters is 1. The maximum atomic E-state index is 13.2. The monoisotopic (exact) mass is 655 g/mol. The molecule has 0 N–H and O–H groups in total. The van der Waals surface area contributed by atoms with Gasteiger partial charge in [-0.1, -0.05) is 149 Å². The number of rotatable bonds is 33. The molecule has 0 rings (SSSR count). The molecule has 1 atom stereocenters. The zero-order valence-corrected chi connectivity index (χ0v) is 30.7. The maximum absolute atomic E-state index is 13.2. The van der Waals surface area contributed by atoms with Crippen LogP contribution in [0.5, 0.6) is 0 Å². The van der Waals surface area contributed by atoms with Gasteiger partial charge in [-0.2, -0.15) is 0 Å². The Morgan fingerprint density at radius 2 is 0.907 bits per heavy atom. The van der Waals surface area contributed by atoms with Gasteiger partial charge in [0.15, 0.2) is 0 Å². The lowest BCUT2D eigenvalue weighted by molar-refractivity contribution is -0.870. The average Bonchev–Trinajstić information content (AvgIpc) is 2.93. The van der Waals surface area contributed by atoms with Crippen molar-refractivity contribution in [2.24, 2.45) is 0 Å². The summed E-state index contributed by atoms with van der Waals surface area (Å²) in [6.45, 7) is 5.31. The van der Waals surface area contributed by atoms with Crippen LogP contribution in [0.3, 0.4) is 0 Å². The summed E-state index contributed by atoms with van der Waals surface area (Å²) in [5.41, 5.74) is 0. The predicted octanol–water partition coefficient (Wildman–Crippen LogP) is 7.76. The minimum atomic E-state index is -3.79. The van der Waals surface area contributed by atoms with E-state index in [1.165, 1.54) is 109 Å². The number of carbonyl (C=O) groups excluding carboxylic acids is 1. The molecule has 7 nitrogen and oxygen atoms in total. The lowest BCUT2D eigenvalue weighted by Crippen LogP contribution is -3.00. The quantitative estimate of drug-likeness (QED) is 0.0237. The van der Waals surface area contributed by atoms with E-state index in [0.717, 1.165) is 38.5 Å². The zero-order valence-electron chi connectivity index (χ0n) is 29.0. The molecule has 0 spiro atoms. The highest BCUT2D eigenvalue weighted by molar-refractivity contribution is 7.48. The molecule has 9 heteroatoms. The lowest BCUT2D eigenvalue weighted by Gasteiger charge is -2.25. The number of phosphoric ester groups is 1. The van der Waals surface area contributed by atoms with Gasteiger partial charge in [0.2, 0.25) is 6.79 Å². The number of phosphoric acid groups is 1. The molecule has 0 aromatic carbocycles. The topological polar surface area (TPSA) is 71.1 Å². The fourth-order valence-corrected chi connectivity index (χ4v) is 5.88. The first-order chi connectivity index (χ1) is 20.2. The second-order valence-electron chi connectivity index (χ2n) is 13.1. The molecule has 0 fully saturated rings. The van der Waals surface area contributed by atoms with Gasteiger partial charge in [-0.25, -0.2) is 9.09 Å². The molecule has 0 aliphatic heterocycles. The molecule has 0 aromatic heterocycles. The molecule has 0 aliphatic rings. The Labute approximate surface area is 273 Å². The smallest absolute Gasteiger partial charge is 0.477 e. The van der Waals surface area contributed by atoms with Gasteiger partial charge < -0.3 is 21.6 Å². The Morgan fingerprint density at radius 1 is 0.535 bits per heavy atom. The number of hydrogen-bond acceptors (Lipinski definition) is 6. The van der Waals surface area contributed by atoms with Crippen LogP contribution in [0.2, 0.25) is 0 Å². The maximum Gasteiger partial charge on any atom is 0.477 e. The number of quaternary nitrogens is 1. The molecule has 0 aliphatic carbocycles. The molecule has 260 valence electrons. The summed E-state index contributed by atoms with van der Waals surface area (Å²) in [5, 5.41) is 0. The van der Waals surface area contributed by atoms with Crippen molar-refractivity contribution < 1.29 is 44.6 Å². The second kappa shape index (κ2) is 31.8. The van der Waals surface area contributed by atoms with E-state index in [1.54, 1.807) is 0 Å². The molecule has 0 aromatic rings. The second-order valence-corrected chi connectivity index (χ2v) is 14.7. The Morgan fingerprint density at radius 3 is 1.33 bits per heavy atom. The molecule has 1 unspecified atom stereocenters. The molecular formula is C34H71ClNO6P. The standard InChI is InChI=1S/C34H71NO6P.ClH/c1-6-8-10-12-14-16-17-18-19-20-22-24-26-28-31-39-42(37,40-32-30-35(3,4)5)41-33-38-34(36)29-27-25-23-21-15-13-11-9-7-2;/h6-33H2,1-5H3;1H/q+1;/p-1. The summed E-state index contributed by atoms with van der Waals surface area (Å²) < 4.78 is 35.6. The van der Waals surface area contributed by atoms with Gasteiger partial charge in [-0.05, 0) is 12.8 Å². The number of hydrogen-bond donors (Lipinski definition) is 0.